The highest BCUT2D eigenvalue weighted by Gasteiger charge is 2.30. The maximum atomic E-state index is 11.0. The molecule has 0 atom stereocenters. The Hall–Kier alpha value is -1.23. The molecule has 4 nitrogen and oxygen atoms in total. The molecule has 0 aromatic heterocycles. The lowest BCUT2D eigenvalue weighted by atomic mass is 10.1. The van der Waals surface area contributed by atoms with E-state index in [-0.39, 0.29) is 5.75 Å². The first-order valence-corrected chi connectivity index (χ1v) is 5.63. The van der Waals surface area contributed by atoms with Gasteiger partial charge in [-0.3, -0.25) is 0 Å². The van der Waals surface area contributed by atoms with Crippen molar-refractivity contribution in [2.75, 3.05) is 0 Å². The van der Waals surface area contributed by atoms with Gasteiger partial charge in [-0.2, -0.15) is 0 Å². The molecule has 0 radical (unpaired) electrons. The summed E-state index contributed by atoms with van der Waals surface area (Å²) in [5, 5.41) is 0. The molecular weight excluding hydrogens is 204 g/mol. The molecule has 14 heavy (non-hydrogen) atoms. The Bertz CT molecular complexity index is 476. The Morgan fingerprint density at radius 1 is 1.29 bits per heavy atom. The van der Waals surface area contributed by atoms with Crippen molar-refractivity contribution >= 4 is 10.4 Å². The minimum atomic E-state index is -3.85. The fraction of sp³-hybridized carbons (Fsp3) is 0.333. The molecule has 0 saturated carbocycles. The van der Waals surface area contributed by atoms with Crippen molar-refractivity contribution in [2.24, 2.45) is 0 Å². The first-order chi connectivity index (χ1) is 6.53. The maximum absolute atomic E-state index is 11.0. The second-order valence-electron chi connectivity index (χ2n) is 3.12. The van der Waals surface area contributed by atoms with E-state index in [2.05, 4.69) is 4.18 Å². The van der Waals surface area contributed by atoms with Crippen LogP contribution in [0.2, 0.25) is 0 Å². The van der Waals surface area contributed by atoms with Crippen LogP contribution in [0.4, 0.5) is 0 Å². The van der Waals surface area contributed by atoms with E-state index in [1.54, 1.807) is 6.07 Å². The van der Waals surface area contributed by atoms with Crippen LogP contribution in [0.5, 0.6) is 11.5 Å². The number of hydrogen-bond donors (Lipinski definition) is 0. The van der Waals surface area contributed by atoms with Gasteiger partial charge in [0.1, 0.15) is 0 Å². The monoisotopic (exact) mass is 214 g/mol. The van der Waals surface area contributed by atoms with Gasteiger partial charge in [0.2, 0.25) is 0 Å². The Labute approximate surface area is 82.8 Å². The van der Waals surface area contributed by atoms with Gasteiger partial charge in [-0.05, 0) is 25.0 Å². The van der Waals surface area contributed by atoms with Crippen LogP contribution in [0.15, 0.2) is 12.1 Å². The van der Waals surface area contributed by atoms with Crippen LogP contribution in [0, 0.1) is 6.92 Å². The summed E-state index contributed by atoms with van der Waals surface area (Å²) in [6, 6.07) is 3.43. The van der Waals surface area contributed by atoms with Crippen LogP contribution in [0.3, 0.4) is 0 Å². The molecule has 0 N–H and O–H groups in total. The fourth-order valence-corrected chi connectivity index (χ4v) is 2.30. The lowest BCUT2D eigenvalue weighted by Gasteiger charge is -2.04. The van der Waals surface area contributed by atoms with Crippen molar-refractivity contribution in [1.82, 2.24) is 0 Å². The molecule has 1 heterocycles. The molecule has 2 rings (SSSR count). The summed E-state index contributed by atoms with van der Waals surface area (Å²) >= 11 is 0. The van der Waals surface area contributed by atoms with Crippen LogP contribution in [0.1, 0.15) is 18.1 Å². The highest BCUT2D eigenvalue weighted by molar-refractivity contribution is 7.82. The first-order valence-electron chi connectivity index (χ1n) is 4.30. The third-order valence-electron chi connectivity index (χ3n) is 2.19. The number of benzene rings is 1. The number of hydrogen-bond acceptors (Lipinski definition) is 4. The Morgan fingerprint density at radius 2 is 2.00 bits per heavy atom. The minimum absolute atomic E-state index is 0.285. The molecule has 5 heteroatoms. The SMILES string of the molecule is CCc1c(C)ccc2c1OS(=O)(=O)O2. The van der Waals surface area contributed by atoms with Gasteiger partial charge < -0.3 is 8.37 Å². The zero-order valence-electron chi connectivity index (χ0n) is 7.90. The molecule has 1 aromatic carbocycles. The lowest BCUT2D eigenvalue weighted by molar-refractivity contribution is 0.435. The van der Waals surface area contributed by atoms with Gasteiger partial charge in [0.15, 0.2) is 11.5 Å². The molecule has 76 valence electrons. The number of aryl methyl sites for hydroxylation is 1. The zero-order chi connectivity index (χ0) is 10.3. The maximum Gasteiger partial charge on any atom is 0.501 e. The Kier molecular flexibility index (Phi) is 1.92. The predicted octanol–water partition coefficient (Wildman–Crippen LogP) is 1.57. The number of fused-ring (bicyclic) bond motifs is 1. The van der Waals surface area contributed by atoms with Crippen LogP contribution < -0.4 is 8.37 Å². The topological polar surface area (TPSA) is 52.6 Å². The van der Waals surface area contributed by atoms with E-state index in [4.69, 9.17) is 4.18 Å². The molecule has 1 aromatic rings. The van der Waals surface area contributed by atoms with Gasteiger partial charge in [-0.25, -0.2) is 0 Å². The number of rotatable bonds is 1. The third-order valence-corrected chi connectivity index (χ3v) is 2.94. The summed E-state index contributed by atoms with van der Waals surface area (Å²) in [4.78, 5) is 0. The average molecular weight is 214 g/mol. The van der Waals surface area contributed by atoms with Crippen molar-refractivity contribution in [3.8, 4) is 11.5 Å². The second-order valence-corrected chi connectivity index (χ2v) is 4.27. The molecular formula is C9H10O4S. The summed E-state index contributed by atoms with van der Waals surface area (Å²) in [6.07, 6.45) is 0.716. The smallest absolute Gasteiger partial charge is 0.349 e. The minimum Gasteiger partial charge on any atom is -0.349 e. The van der Waals surface area contributed by atoms with E-state index >= 15 is 0 Å². The second kappa shape index (κ2) is 2.88. The lowest BCUT2D eigenvalue weighted by Crippen LogP contribution is -2.08. The van der Waals surface area contributed by atoms with Gasteiger partial charge in [0, 0.05) is 5.56 Å². The Morgan fingerprint density at radius 3 is 2.64 bits per heavy atom. The largest absolute Gasteiger partial charge is 0.501 e. The summed E-state index contributed by atoms with van der Waals surface area (Å²) < 4.78 is 31.4. The van der Waals surface area contributed by atoms with Crippen LogP contribution in [-0.4, -0.2) is 8.42 Å². The summed E-state index contributed by atoms with van der Waals surface area (Å²) in [7, 11) is -3.85. The molecule has 0 fully saturated rings. The van der Waals surface area contributed by atoms with Crippen molar-refractivity contribution < 1.29 is 16.8 Å². The Balaban J connectivity index is 2.63. The molecule has 0 bridgehead atoms. The van der Waals surface area contributed by atoms with Gasteiger partial charge in [0.25, 0.3) is 0 Å². The quantitative estimate of drug-likeness (QED) is 0.712. The van der Waals surface area contributed by atoms with E-state index < -0.39 is 10.4 Å². The average Bonchev–Trinajstić information content (AvgIpc) is 2.39. The van der Waals surface area contributed by atoms with E-state index in [1.165, 1.54) is 0 Å². The molecule has 0 saturated heterocycles. The summed E-state index contributed by atoms with van der Waals surface area (Å²) in [6.45, 7) is 3.85. The van der Waals surface area contributed by atoms with E-state index in [1.807, 2.05) is 19.9 Å². The molecule has 1 aliphatic heterocycles. The van der Waals surface area contributed by atoms with E-state index in [9.17, 15) is 8.42 Å². The molecule has 0 spiro atoms. The van der Waals surface area contributed by atoms with E-state index in [0.717, 1.165) is 11.1 Å². The molecule has 0 amide bonds. The van der Waals surface area contributed by atoms with Crippen LogP contribution in [0.25, 0.3) is 0 Å². The normalized spacial score (nSPS) is 17.0. The zero-order valence-corrected chi connectivity index (χ0v) is 8.72. The van der Waals surface area contributed by atoms with Crippen LogP contribution in [-0.2, 0) is 16.8 Å². The van der Waals surface area contributed by atoms with Gasteiger partial charge >= 0.3 is 10.4 Å². The van der Waals surface area contributed by atoms with Gasteiger partial charge in [-0.1, -0.05) is 13.0 Å². The van der Waals surface area contributed by atoms with Crippen LogP contribution >= 0.6 is 0 Å². The van der Waals surface area contributed by atoms with Crippen molar-refractivity contribution in [1.29, 1.82) is 0 Å². The molecule has 1 aliphatic rings. The highest BCUT2D eigenvalue weighted by atomic mass is 32.3. The summed E-state index contributed by atoms with van der Waals surface area (Å²) in [5.41, 5.74) is 1.88. The van der Waals surface area contributed by atoms with Gasteiger partial charge in [-0.15, -0.1) is 8.42 Å². The fourth-order valence-electron chi connectivity index (χ4n) is 1.53. The predicted molar refractivity (Wildman–Crippen MR) is 50.7 cm³/mol. The first kappa shape index (κ1) is 9.33. The molecule has 0 aliphatic carbocycles. The summed E-state index contributed by atoms with van der Waals surface area (Å²) in [5.74, 6) is 0.625. The van der Waals surface area contributed by atoms with Crippen molar-refractivity contribution in [3.05, 3.63) is 23.3 Å². The molecule has 0 unspecified atom stereocenters. The standard InChI is InChI=1S/C9H10O4S/c1-3-7-6(2)4-5-8-9(7)13-14(10,11)12-8/h4-5H,3H2,1-2H3. The van der Waals surface area contributed by atoms with Crippen molar-refractivity contribution in [2.45, 2.75) is 20.3 Å². The van der Waals surface area contributed by atoms with Crippen molar-refractivity contribution in [3.63, 3.8) is 0 Å². The van der Waals surface area contributed by atoms with E-state index in [0.29, 0.717) is 12.2 Å². The highest BCUT2D eigenvalue weighted by Crippen LogP contribution is 2.40. The third kappa shape index (κ3) is 1.33. The van der Waals surface area contributed by atoms with Gasteiger partial charge in [0.05, 0.1) is 0 Å².